The lowest BCUT2D eigenvalue weighted by Gasteiger charge is -2.10. The van der Waals surface area contributed by atoms with E-state index in [1.54, 1.807) is 0 Å². The maximum Gasteiger partial charge on any atom is 0.325 e. The van der Waals surface area contributed by atoms with Crippen LogP contribution in [0.1, 0.15) is 10.4 Å². The molecule has 0 aliphatic rings. The fraction of sp³-hybridized carbons (Fsp3) is 0.118. The minimum Gasteiger partial charge on any atom is -0.454 e. The summed E-state index contributed by atoms with van der Waals surface area (Å²) in [5.74, 6) is -3.09. The Balaban J connectivity index is 1.81. The molecule has 10 heteroatoms. The molecular formula is C17H12Cl3FN2O4. The smallest absolute Gasteiger partial charge is 0.325 e. The van der Waals surface area contributed by atoms with Gasteiger partial charge >= 0.3 is 5.97 Å². The van der Waals surface area contributed by atoms with Gasteiger partial charge in [-0.25, -0.2) is 4.39 Å². The normalized spacial score (nSPS) is 10.2. The molecule has 0 radical (unpaired) electrons. The summed E-state index contributed by atoms with van der Waals surface area (Å²) in [7, 11) is 0. The molecular weight excluding hydrogens is 422 g/mol. The third-order valence-corrected chi connectivity index (χ3v) is 3.96. The van der Waals surface area contributed by atoms with Gasteiger partial charge in [0.1, 0.15) is 12.4 Å². The average Bonchev–Trinajstić information content (AvgIpc) is 2.61. The Kier molecular flexibility index (Phi) is 7.41. The number of anilines is 1. The first kappa shape index (κ1) is 21.0. The van der Waals surface area contributed by atoms with Gasteiger partial charge in [0.25, 0.3) is 11.8 Å². The van der Waals surface area contributed by atoms with Crippen LogP contribution < -0.4 is 10.6 Å². The van der Waals surface area contributed by atoms with Gasteiger partial charge in [-0.2, -0.15) is 0 Å². The number of halogens is 4. The van der Waals surface area contributed by atoms with Gasteiger partial charge in [0.05, 0.1) is 21.3 Å². The summed E-state index contributed by atoms with van der Waals surface area (Å²) in [5, 5.41) is 5.10. The van der Waals surface area contributed by atoms with Crippen molar-refractivity contribution in [1.29, 1.82) is 0 Å². The molecule has 2 aromatic rings. The molecule has 2 aromatic carbocycles. The molecule has 0 aliphatic carbocycles. The number of nitrogens with one attached hydrogen (secondary N) is 2. The van der Waals surface area contributed by atoms with Crippen LogP contribution in [-0.2, 0) is 14.3 Å². The highest BCUT2D eigenvalue weighted by molar-refractivity contribution is 6.42. The number of ether oxygens (including phenoxy) is 1. The Morgan fingerprint density at radius 2 is 1.67 bits per heavy atom. The molecule has 0 heterocycles. The Hall–Kier alpha value is -2.35. The van der Waals surface area contributed by atoms with E-state index in [9.17, 15) is 18.8 Å². The minimum atomic E-state index is -0.886. The molecule has 0 saturated carbocycles. The zero-order valence-corrected chi connectivity index (χ0v) is 15.8. The standard InChI is InChI=1S/C17H12Cl3FN2O4/c18-9-5-11(19)16(12(20)6-9)23-14(24)8-27-15(25)7-22-17(26)10-3-1-2-4-13(10)21/h1-6H,7-8H2,(H,22,26)(H,23,24). The Bertz CT molecular complexity index is 869. The molecule has 0 bridgehead atoms. The van der Waals surface area contributed by atoms with Crippen LogP contribution in [-0.4, -0.2) is 30.9 Å². The van der Waals surface area contributed by atoms with Gasteiger partial charge in [0, 0.05) is 5.02 Å². The molecule has 0 saturated heterocycles. The van der Waals surface area contributed by atoms with Crippen LogP contribution in [0.5, 0.6) is 0 Å². The highest BCUT2D eigenvalue weighted by Crippen LogP contribution is 2.33. The molecule has 2 N–H and O–H groups in total. The maximum atomic E-state index is 13.5. The summed E-state index contributed by atoms with van der Waals surface area (Å²) in [6, 6.07) is 8.06. The minimum absolute atomic E-state index is 0.115. The summed E-state index contributed by atoms with van der Waals surface area (Å²) < 4.78 is 18.2. The molecule has 2 amide bonds. The maximum absolute atomic E-state index is 13.5. The lowest BCUT2D eigenvalue weighted by Crippen LogP contribution is -2.32. The van der Waals surface area contributed by atoms with Crippen molar-refractivity contribution in [3.63, 3.8) is 0 Å². The largest absolute Gasteiger partial charge is 0.454 e. The van der Waals surface area contributed by atoms with Crippen molar-refractivity contribution >= 4 is 58.3 Å². The quantitative estimate of drug-likeness (QED) is 0.680. The first-order chi connectivity index (χ1) is 12.8. The van der Waals surface area contributed by atoms with Gasteiger partial charge in [0.2, 0.25) is 0 Å². The molecule has 0 aliphatic heterocycles. The molecule has 27 heavy (non-hydrogen) atoms. The van der Waals surface area contributed by atoms with E-state index in [1.165, 1.54) is 30.3 Å². The summed E-state index contributed by atoms with van der Waals surface area (Å²) in [4.78, 5) is 35.2. The monoisotopic (exact) mass is 432 g/mol. The Labute approximate surface area is 168 Å². The van der Waals surface area contributed by atoms with E-state index in [-0.39, 0.29) is 21.3 Å². The van der Waals surface area contributed by atoms with Crippen LogP contribution in [0.4, 0.5) is 10.1 Å². The Morgan fingerprint density at radius 3 is 2.30 bits per heavy atom. The van der Waals surface area contributed by atoms with Crippen molar-refractivity contribution in [2.75, 3.05) is 18.5 Å². The van der Waals surface area contributed by atoms with Crippen LogP contribution in [0, 0.1) is 5.82 Å². The highest BCUT2D eigenvalue weighted by atomic mass is 35.5. The lowest BCUT2D eigenvalue weighted by molar-refractivity contribution is -0.146. The number of rotatable bonds is 6. The number of esters is 1. The second-order valence-corrected chi connectivity index (χ2v) is 6.37. The summed E-state index contributed by atoms with van der Waals surface area (Å²) in [6.07, 6.45) is 0. The molecule has 0 unspecified atom stereocenters. The number of carbonyl (C=O) groups is 3. The zero-order chi connectivity index (χ0) is 20.0. The first-order valence-corrected chi connectivity index (χ1v) is 8.54. The molecule has 142 valence electrons. The van der Waals surface area contributed by atoms with Crippen molar-refractivity contribution < 1.29 is 23.5 Å². The number of hydrogen-bond acceptors (Lipinski definition) is 4. The van der Waals surface area contributed by atoms with Crippen LogP contribution in [0.15, 0.2) is 36.4 Å². The molecule has 2 rings (SSSR count). The molecule has 6 nitrogen and oxygen atoms in total. The van der Waals surface area contributed by atoms with Crippen molar-refractivity contribution in [1.82, 2.24) is 5.32 Å². The predicted octanol–water partition coefficient (Wildman–Crippen LogP) is 3.70. The number of hydrogen-bond donors (Lipinski definition) is 2. The fourth-order valence-electron chi connectivity index (χ4n) is 1.93. The Morgan fingerprint density at radius 1 is 1.04 bits per heavy atom. The van der Waals surface area contributed by atoms with Crippen molar-refractivity contribution in [3.8, 4) is 0 Å². The van der Waals surface area contributed by atoms with E-state index >= 15 is 0 Å². The van der Waals surface area contributed by atoms with E-state index in [2.05, 4.69) is 10.6 Å². The molecule has 0 atom stereocenters. The second kappa shape index (κ2) is 9.55. The van der Waals surface area contributed by atoms with Crippen LogP contribution >= 0.6 is 34.8 Å². The van der Waals surface area contributed by atoms with Gasteiger partial charge < -0.3 is 15.4 Å². The first-order valence-electron chi connectivity index (χ1n) is 7.40. The average molecular weight is 434 g/mol. The van der Waals surface area contributed by atoms with Gasteiger partial charge in [-0.15, -0.1) is 0 Å². The van der Waals surface area contributed by atoms with Gasteiger partial charge in [0.15, 0.2) is 6.61 Å². The molecule has 0 aromatic heterocycles. The van der Waals surface area contributed by atoms with Crippen molar-refractivity contribution in [3.05, 3.63) is 62.8 Å². The molecule has 0 fully saturated rings. The van der Waals surface area contributed by atoms with E-state index in [0.717, 1.165) is 6.07 Å². The third kappa shape index (κ3) is 6.09. The van der Waals surface area contributed by atoms with Crippen LogP contribution in [0.3, 0.4) is 0 Å². The number of benzene rings is 2. The number of amides is 2. The van der Waals surface area contributed by atoms with Crippen molar-refractivity contribution in [2.45, 2.75) is 0 Å². The SMILES string of the molecule is O=C(COC(=O)CNC(=O)c1ccccc1F)Nc1c(Cl)cc(Cl)cc1Cl. The fourth-order valence-corrected chi connectivity index (χ4v) is 2.84. The second-order valence-electron chi connectivity index (χ2n) is 5.12. The van der Waals surface area contributed by atoms with Crippen LogP contribution in [0.2, 0.25) is 15.1 Å². The predicted molar refractivity (Wildman–Crippen MR) is 99.8 cm³/mol. The summed E-state index contributed by atoms with van der Waals surface area (Å²) in [5.41, 5.74) is -0.0910. The summed E-state index contributed by atoms with van der Waals surface area (Å²) >= 11 is 17.6. The van der Waals surface area contributed by atoms with Gasteiger partial charge in [-0.3, -0.25) is 14.4 Å². The number of carbonyl (C=O) groups excluding carboxylic acids is 3. The summed E-state index contributed by atoms with van der Waals surface area (Å²) in [6.45, 7) is -1.17. The van der Waals surface area contributed by atoms with Gasteiger partial charge in [-0.1, -0.05) is 46.9 Å². The molecule has 0 spiro atoms. The van der Waals surface area contributed by atoms with Crippen LogP contribution in [0.25, 0.3) is 0 Å². The van der Waals surface area contributed by atoms with Crippen molar-refractivity contribution in [2.24, 2.45) is 0 Å². The third-order valence-electron chi connectivity index (χ3n) is 3.15. The highest BCUT2D eigenvalue weighted by Gasteiger charge is 2.15. The van der Waals surface area contributed by atoms with E-state index in [1.807, 2.05) is 0 Å². The van der Waals surface area contributed by atoms with E-state index < -0.39 is 36.8 Å². The topological polar surface area (TPSA) is 84.5 Å². The van der Waals surface area contributed by atoms with E-state index in [4.69, 9.17) is 39.5 Å². The lowest BCUT2D eigenvalue weighted by atomic mass is 10.2. The van der Waals surface area contributed by atoms with Gasteiger partial charge in [-0.05, 0) is 24.3 Å². The zero-order valence-electron chi connectivity index (χ0n) is 13.5. The van der Waals surface area contributed by atoms with E-state index in [0.29, 0.717) is 5.02 Å².